The van der Waals surface area contributed by atoms with Gasteiger partial charge in [-0.3, -0.25) is 4.79 Å². The van der Waals surface area contributed by atoms with Crippen molar-refractivity contribution in [3.05, 3.63) is 35.4 Å². The molecule has 1 heterocycles. The third-order valence-electron chi connectivity index (χ3n) is 2.37. The highest BCUT2D eigenvalue weighted by atomic mass is 16.4. The molecule has 0 spiro atoms. The van der Waals surface area contributed by atoms with Crippen LogP contribution in [0.2, 0.25) is 0 Å². The number of aliphatic carboxylic acids is 1. The molecule has 2 rings (SSSR count). The lowest BCUT2D eigenvalue weighted by Gasteiger charge is -2.20. The van der Waals surface area contributed by atoms with Gasteiger partial charge in [-0.05, 0) is 12.1 Å². The van der Waals surface area contributed by atoms with Crippen molar-refractivity contribution in [2.75, 3.05) is 11.9 Å². The molecule has 0 amide bonds. The van der Waals surface area contributed by atoms with E-state index in [1.54, 1.807) is 12.1 Å². The third kappa shape index (κ3) is 1.79. The number of aliphatic hydroxyl groups is 1. The average molecular weight is 205 g/mol. The second kappa shape index (κ2) is 3.65. The van der Waals surface area contributed by atoms with Crippen LogP contribution in [0.1, 0.15) is 12.0 Å². The third-order valence-corrected chi connectivity index (χ3v) is 2.37. The molecule has 1 aromatic carbocycles. The summed E-state index contributed by atoms with van der Waals surface area (Å²) in [5.74, 6) is -0.843. The Morgan fingerprint density at radius 3 is 2.87 bits per heavy atom. The monoisotopic (exact) mass is 205 g/mol. The summed E-state index contributed by atoms with van der Waals surface area (Å²) in [6.07, 6.45) is -0.132. The Morgan fingerprint density at radius 1 is 1.40 bits per heavy atom. The summed E-state index contributed by atoms with van der Waals surface area (Å²) in [7, 11) is 0. The standard InChI is InChI=1S/C11H11NO3/c13-10(14)5-7-6-12-9-4-2-1-3-8(9)11(7)15/h1-4,12,15H,5-6H2,(H,13,14). The fraction of sp³-hybridized carbons (Fsp3) is 0.182. The van der Waals surface area contributed by atoms with Crippen LogP contribution >= 0.6 is 0 Å². The molecule has 0 saturated heterocycles. The summed E-state index contributed by atoms with van der Waals surface area (Å²) < 4.78 is 0. The van der Waals surface area contributed by atoms with Crippen molar-refractivity contribution < 1.29 is 15.0 Å². The number of hydrogen-bond acceptors (Lipinski definition) is 3. The van der Waals surface area contributed by atoms with Gasteiger partial charge in [0.25, 0.3) is 0 Å². The SMILES string of the molecule is O=C(O)CC1=C(O)c2ccccc2NC1. The van der Waals surface area contributed by atoms with Crippen molar-refractivity contribution in [3.8, 4) is 0 Å². The highest BCUT2D eigenvalue weighted by Crippen LogP contribution is 2.29. The predicted octanol–water partition coefficient (Wildman–Crippen LogP) is 1.86. The molecule has 3 N–H and O–H groups in total. The Kier molecular flexibility index (Phi) is 2.33. The molecule has 0 aromatic heterocycles. The first kappa shape index (κ1) is 9.58. The first-order valence-electron chi connectivity index (χ1n) is 4.64. The summed E-state index contributed by atoms with van der Waals surface area (Å²) in [6, 6.07) is 7.28. The maximum atomic E-state index is 10.6. The van der Waals surface area contributed by atoms with Gasteiger partial charge in [0, 0.05) is 23.4 Å². The molecule has 0 aliphatic carbocycles. The van der Waals surface area contributed by atoms with E-state index in [0.717, 1.165) is 5.69 Å². The van der Waals surface area contributed by atoms with Gasteiger partial charge in [0.15, 0.2) is 0 Å². The Bertz CT molecular complexity index is 437. The van der Waals surface area contributed by atoms with Crippen LogP contribution in [0.25, 0.3) is 5.76 Å². The lowest BCUT2D eigenvalue weighted by Crippen LogP contribution is -2.16. The van der Waals surface area contributed by atoms with Crippen LogP contribution in [0.15, 0.2) is 29.8 Å². The average Bonchev–Trinajstić information content (AvgIpc) is 2.22. The molecule has 4 nitrogen and oxygen atoms in total. The molecule has 15 heavy (non-hydrogen) atoms. The highest BCUT2D eigenvalue weighted by Gasteiger charge is 2.18. The quantitative estimate of drug-likeness (QED) is 0.689. The van der Waals surface area contributed by atoms with Crippen LogP contribution in [0, 0.1) is 0 Å². The van der Waals surface area contributed by atoms with Gasteiger partial charge in [0.1, 0.15) is 5.76 Å². The Morgan fingerprint density at radius 2 is 2.13 bits per heavy atom. The number of nitrogens with one attached hydrogen (secondary N) is 1. The first-order valence-corrected chi connectivity index (χ1v) is 4.64. The lowest BCUT2D eigenvalue weighted by molar-refractivity contribution is -0.136. The fourth-order valence-electron chi connectivity index (χ4n) is 1.65. The van der Waals surface area contributed by atoms with E-state index in [1.165, 1.54) is 0 Å². The molecule has 4 heteroatoms. The topological polar surface area (TPSA) is 69.6 Å². The van der Waals surface area contributed by atoms with E-state index >= 15 is 0 Å². The zero-order valence-electron chi connectivity index (χ0n) is 8.03. The summed E-state index contributed by atoms with van der Waals surface area (Å²) in [6.45, 7) is 0.384. The van der Waals surface area contributed by atoms with E-state index in [2.05, 4.69) is 5.32 Å². The van der Waals surface area contributed by atoms with Crippen molar-refractivity contribution in [1.82, 2.24) is 0 Å². The van der Waals surface area contributed by atoms with Crippen LogP contribution in [0.5, 0.6) is 0 Å². The van der Waals surface area contributed by atoms with Gasteiger partial charge in [-0.1, -0.05) is 12.1 Å². The minimum atomic E-state index is -0.933. The molecule has 1 aliphatic rings. The molecule has 1 aliphatic heterocycles. The molecule has 78 valence electrons. The molecule has 0 fully saturated rings. The van der Waals surface area contributed by atoms with E-state index in [1.807, 2.05) is 12.1 Å². The number of fused-ring (bicyclic) bond motifs is 1. The summed E-state index contributed by atoms with van der Waals surface area (Å²) >= 11 is 0. The largest absolute Gasteiger partial charge is 0.507 e. The number of carboxylic acid groups (broad SMARTS) is 1. The maximum absolute atomic E-state index is 10.6. The number of para-hydroxylation sites is 1. The van der Waals surface area contributed by atoms with Crippen molar-refractivity contribution in [2.24, 2.45) is 0 Å². The van der Waals surface area contributed by atoms with Gasteiger partial charge >= 0.3 is 5.97 Å². The number of aliphatic hydroxyl groups excluding tert-OH is 1. The number of hydrogen-bond donors (Lipinski definition) is 3. The van der Waals surface area contributed by atoms with Gasteiger partial charge in [-0.25, -0.2) is 0 Å². The number of rotatable bonds is 2. The van der Waals surface area contributed by atoms with Crippen molar-refractivity contribution >= 4 is 17.4 Å². The van der Waals surface area contributed by atoms with Gasteiger partial charge < -0.3 is 15.5 Å². The van der Waals surface area contributed by atoms with Gasteiger partial charge in [0.2, 0.25) is 0 Å². The van der Waals surface area contributed by atoms with Crippen LogP contribution in [0.4, 0.5) is 5.69 Å². The lowest BCUT2D eigenvalue weighted by atomic mass is 10.0. The zero-order valence-corrected chi connectivity index (χ0v) is 8.03. The number of benzene rings is 1. The molecular weight excluding hydrogens is 194 g/mol. The molecule has 0 radical (unpaired) electrons. The maximum Gasteiger partial charge on any atom is 0.307 e. The van der Waals surface area contributed by atoms with Gasteiger partial charge in [-0.2, -0.15) is 0 Å². The van der Waals surface area contributed by atoms with Crippen molar-refractivity contribution in [3.63, 3.8) is 0 Å². The fourth-order valence-corrected chi connectivity index (χ4v) is 1.65. The molecule has 1 aromatic rings. The minimum absolute atomic E-state index is 0.0896. The molecular formula is C11H11NO3. The zero-order chi connectivity index (χ0) is 10.8. The van der Waals surface area contributed by atoms with E-state index in [-0.39, 0.29) is 12.2 Å². The minimum Gasteiger partial charge on any atom is -0.507 e. The first-order chi connectivity index (χ1) is 7.18. The Labute approximate surface area is 86.9 Å². The van der Waals surface area contributed by atoms with Crippen LogP contribution in [-0.2, 0) is 4.79 Å². The smallest absolute Gasteiger partial charge is 0.307 e. The number of carboxylic acids is 1. The number of carbonyl (C=O) groups is 1. The van der Waals surface area contributed by atoms with E-state index < -0.39 is 5.97 Å². The second-order valence-corrected chi connectivity index (χ2v) is 3.42. The van der Waals surface area contributed by atoms with Crippen molar-refractivity contribution in [1.29, 1.82) is 0 Å². The van der Waals surface area contributed by atoms with E-state index in [9.17, 15) is 9.90 Å². The van der Waals surface area contributed by atoms with E-state index in [4.69, 9.17) is 5.11 Å². The van der Waals surface area contributed by atoms with E-state index in [0.29, 0.717) is 17.7 Å². The van der Waals surface area contributed by atoms with Gasteiger partial charge in [-0.15, -0.1) is 0 Å². The Hall–Kier alpha value is -1.97. The molecule has 0 bridgehead atoms. The van der Waals surface area contributed by atoms with Crippen LogP contribution in [-0.4, -0.2) is 22.7 Å². The molecule has 0 saturated carbocycles. The summed E-state index contributed by atoms with van der Waals surface area (Å²) in [4.78, 5) is 10.6. The normalized spacial score (nSPS) is 14.4. The Balaban J connectivity index is 2.40. The molecule has 0 atom stereocenters. The summed E-state index contributed by atoms with van der Waals surface area (Å²) in [5.41, 5.74) is 2.02. The second-order valence-electron chi connectivity index (χ2n) is 3.42. The van der Waals surface area contributed by atoms with Gasteiger partial charge in [0.05, 0.1) is 6.42 Å². The molecule has 0 unspecified atom stereocenters. The predicted molar refractivity (Wildman–Crippen MR) is 56.7 cm³/mol. The van der Waals surface area contributed by atoms with Crippen LogP contribution < -0.4 is 5.32 Å². The summed E-state index contributed by atoms with van der Waals surface area (Å²) in [5, 5.41) is 21.6. The number of anilines is 1. The highest BCUT2D eigenvalue weighted by molar-refractivity contribution is 5.81. The van der Waals surface area contributed by atoms with Crippen LogP contribution in [0.3, 0.4) is 0 Å². The van der Waals surface area contributed by atoms with Crippen molar-refractivity contribution in [2.45, 2.75) is 6.42 Å².